The van der Waals surface area contributed by atoms with Gasteiger partial charge in [-0.2, -0.15) is 0 Å². The number of benzene rings is 1. The number of hydrogen-bond acceptors (Lipinski definition) is 3. The maximum Gasteiger partial charge on any atom is 0.240 e. The molecule has 1 aromatic rings. The van der Waals surface area contributed by atoms with E-state index < -0.39 is 16.1 Å². The van der Waals surface area contributed by atoms with Gasteiger partial charge in [0.15, 0.2) is 0 Å². The van der Waals surface area contributed by atoms with Gasteiger partial charge in [-0.1, -0.05) is 11.6 Å². The molecule has 0 spiro atoms. The van der Waals surface area contributed by atoms with Crippen LogP contribution in [0, 0.1) is 6.92 Å². The second kappa shape index (κ2) is 5.14. The van der Waals surface area contributed by atoms with E-state index in [1.165, 1.54) is 25.1 Å². The lowest BCUT2D eigenvalue weighted by atomic mass is 10.2. The summed E-state index contributed by atoms with van der Waals surface area (Å²) in [6.45, 7) is 3.23. The molecule has 0 aliphatic carbocycles. The quantitative estimate of drug-likeness (QED) is 0.861. The fourth-order valence-corrected chi connectivity index (χ4v) is 2.42. The summed E-state index contributed by atoms with van der Waals surface area (Å²) >= 11 is 5.80. The SMILES string of the molecule is Cc1cc(S(=O)(=O)NC[C@H](C)O)ccc1Cl. The molecule has 0 unspecified atom stereocenters. The highest BCUT2D eigenvalue weighted by molar-refractivity contribution is 7.89. The topological polar surface area (TPSA) is 66.4 Å². The standard InChI is InChI=1S/C10H14ClNO3S/c1-7-5-9(3-4-10(7)11)16(14,15)12-6-8(2)13/h3-5,8,12-13H,6H2,1-2H3/t8-/m0/s1. The Morgan fingerprint density at radius 1 is 1.50 bits per heavy atom. The minimum Gasteiger partial charge on any atom is -0.392 e. The van der Waals surface area contributed by atoms with E-state index in [0.29, 0.717) is 10.6 Å². The maximum absolute atomic E-state index is 11.7. The van der Waals surface area contributed by atoms with Crippen LogP contribution in [0.2, 0.25) is 5.02 Å². The molecule has 0 aromatic heterocycles. The summed E-state index contributed by atoms with van der Waals surface area (Å²) in [4.78, 5) is 0.148. The lowest BCUT2D eigenvalue weighted by molar-refractivity contribution is 0.198. The number of halogens is 1. The molecular weight excluding hydrogens is 250 g/mol. The molecule has 0 heterocycles. The molecule has 90 valence electrons. The lowest BCUT2D eigenvalue weighted by Crippen LogP contribution is -2.30. The molecule has 6 heteroatoms. The molecule has 1 atom stereocenters. The third-order valence-electron chi connectivity index (χ3n) is 2.01. The second-order valence-corrected chi connectivity index (χ2v) is 5.79. The number of aryl methyl sites for hydroxylation is 1. The molecule has 16 heavy (non-hydrogen) atoms. The van der Waals surface area contributed by atoms with Gasteiger partial charge in [0, 0.05) is 11.6 Å². The summed E-state index contributed by atoms with van der Waals surface area (Å²) in [5.41, 5.74) is 0.696. The van der Waals surface area contributed by atoms with Crippen LogP contribution >= 0.6 is 11.6 Å². The van der Waals surface area contributed by atoms with Gasteiger partial charge in [-0.15, -0.1) is 0 Å². The van der Waals surface area contributed by atoms with Gasteiger partial charge in [0.25, 0.3) is 0 Å². The Morgan fingerprint density at radius 2 is 2.12 bits per heavy atom. The number of hydrogen-bond donors (Lipinski definition) is 2. The fourth-order valence-electron chi connectivity index (χ4n) is 1.10. The Hall–Kier alpha value is -0.620. The first kappa shape index (κ1) is 13.4. The molecule has 2 N–H and O–H groups in total. The van der Waals surface area contributed by atoms with Crippen LogP contribution in [0.4, 0.5) is 0 Å². The molecule has 0 saturated heterocycles. The second-order valence-electron chi connectivity index (χ2n) is 3.61. The predicted molar refractivity (Wildman–Crippen MR) is 63.1 cm³/mol. The van der Waals surface area contributed by atoms with Crippen LogP contribution in [0.25, 0.3) is 0 Å². The first-order chi connectivity index (χ1) is 7.33. The molecule has 1 rings (SSSR count). The van der Waals surface area contributed by atoms with Crippen molar-refractivity contribution in [2.24, 2.45) is 0 Å². The van der Waals surface area contributed by atoms with Gasteiger partial charge in [0.05, 0.1) is 11.0 Å². The zero-order valence-corrected chi connectivity index (χ0v) is 10.6. The Morgan fingerprint density at radius 3 is 2.62 bits per heavy atom. The monoisotopic (exact) mass is 263 g/mol. The highest BCUT2D eigenvalue weighted by atomic mass is 35.5. The van der Waals surface area contributed by atoms with E-state index in [1.54, 1.807) is 6.92 Å². The van der Waals surface area contributed by atoms with Crippen molar-refractivity contribution in [2.75, 3.05) is 6.54 Å². The number of aliphatic hydroxyl groups is 1. The van der Waals surface area contributed by atoms with Crippen LogP contribution < -0.4 is 4.72 Å². The molecule has 0 bridgehead atoms. The zero-order valence-electron chi connectivity index (χ0n) is 9.07. The Bertz CT molecular complexity index is 471. The summed E-state index contributed by atoms with van der Waals surface area (Å²) in [7, 11) is -3.56. The van der Waals surface area contributed by atoms with Crippen molar-refractivity contribution in [2.45, 2.75) is 24.8 Å². The molecule has 0 radical (unpaired) electrons. The van der Waals surface area contributed by atoms with Gasteiger partial charge in [0.2, 0.25) is 10.0 Å². The van der Waals surface area contributed by atoms with E-state index in [0.717, 1.165) is 0 Å². The van der Waals surface area contributed by atoms with Crippen molar-refractivity contribution in [3.05, 3.63) is 28.8 Å². The largest absolute Gasteiger partial charge is 0.392 e. The van der Waals surface area contributed by atoms with Crippen LogP contribution in [-0.4, -0.2) is 26.2 Å². The molecule has 1 aromatic carbocycles. The Kier molecular flexibility index (Phi) is 4.32. The summed E-state index contributed by atoms with van der Waals surface area (Å²) in [5.74, 6) is 0. The Balaban J connectivity index is 2.94. The average molecular weight is 264 g/mol. The van der Waals surface area contributed by atoms with Crippen molar-refractivity contribution in [3.8, 4) is 0 Å². The predicted octanol–water partition coefficient (Wildman–Crippen LogP) is 1.31. The fraction of sp³-hybridized carbons (Fsp3) is 0.400. The summed E-state index contributed by atoms with van der Waals surface area (Å²) in [6, 6.07) is 4.46. The summed E-state index contributed by atoms with van der Waals surface area (Å²) < 4.78 is 25.8. The van der Waals surface area contributed by atoms with E-state index in [-0.39, 0.29) is 11.4 Å². The molecule has 0 aliphatic rings. The summed E-state index contributed by atoms with van der Waals surface area (Å²) in [6.07, 6.45) is -0.719. The van der Waals surface area contributed by atoms with Crippen LogP contribution in [-0.2, 0) is 10.0 Å². The minimum atomic E-state index is -3.56. The van der Waals surface area contributed by atoms with Gasteiger partial charge in [-0.25, -0.2) is 13.1 Å². The highest BCUT2D eigenvalue weighted by Gasteiger charge is 2.15. The van der Waals surface area contributed by atoms with Crippen molar-refractivity contribution in [1.82, 2.24) is 4.72 Å². The molecule has 0 fully saturated rings. The van der Waals surface area contributed by atoms with E-state index in [4.69, 9.17) is 16.7 Å². The van der Waals surface area contributed by atoms with Gasteiger partial charge >= 0.3 is 0 Å². The normalized spacial score (nSPS) is 13.8. The van der Waals surface area contributed by atoms with Gasteiger partial charge in [-0.3, -0.25) is 0 Å². The third-order valence-corrected chi connectivity index (χ3v) is 3.85. The average Bonchev–Trinajstić information content (AvgIpc) is 2.19. The Labute approximate surface area is 100 Å². The van der Waals surface area contributed by atoms with Crippen LogP contribution in [0.3, 0.4) is 0 Å². The molecule has 0 aliphatic heterocycles. The van der Waals surface area contributed by atoms with Gasteiger partial charge in [-0.05, 0) is 37.6 Å². The van der Waals surface area contributed by atoms with Crippen LogP contribution in [0.1, 0.15) is 12.5 Å². The van der Waals surface area contributed by atoms with Gasteiger partial charge in [0.1, 0.15) is 0 Å². The highest BCUT2D eigenvalue weighted by Crippen LogP contribution is 2.19. The van der Waals surface area contributed by atoms with Crippen molar-refractivity contribution < 1.29 is 13.5 Å². The number of rotatable bonds is 4. The lowest BCUT2D eigenvalue weighted by Gasteiger charge is -2.09. The minimum absolute atomic E-state index is 0.00991. The summed E-state index contributed by atoms with van der Waals surface area (Å²) in [5, 5.41) is 9.54. The molecule has 4 nitrogen and oxygen atoms in total. The first-order valence-electron chi connectivity index (χ1n) is 4.77. The number of sulfonamides is 1. The first-order valence-corrected chi connectivity index (χ1v) is 6.63. The van der Waals surface area contributed by atoms with Crippen molar-refractivity contribution >= 4 is 21.6 Å². The van der Waals surface area contributed by atoms with Crippen molar-refractivity contribution in [1.29, 1.82) is 0 Å². The smallest absolute Gasteiger partial charge is 0.240 e. The maximum atomic E-state index is 11.7. The number of aliphatic hydroxyl groups excluding tert-OH is 1. The molecule has 0 saturated carbocycles. The van der Waals surface area contributed by atoms with E-state index in [1.807, 2.05) is 0 Å². The van der Waals surface area contributed by atoms with E-state index in [9.17, 15) is 8.42 Å². The van der Waals surface area contributed by atoms with Gasteiger partial charge < -0.3 is 5.11 Å². The molecule has 0 amide bonds. The molecular formula is C10H14ClNO3S. The van der Waals surface area contributed by atoms with E-state index >= 15 is 0 Å². The zero-order chi connectivity index (χ0) is 12.3. The van der Waals surface area contributed by atoms with Crippen LogP contribution in [0.15, 0.2) is 23.1 Å². The number of nitrogens with one attached hydrogen (secondary N) is 1. The van der Waals surface area contributed by atoms with Crippen LogP contribution in [0.5, 0.6) is 0 Å². The van der Waals surface area contributed by atoms with Crippen molar-refractivity contribution in [3.63, 3.8) is 0 Å². The van der Waals surface area contributed by atoms with E-state index in [2.05, 4.69) is 4.72 Å². The third kappa shape index (κ3) is 3.45.